The van der Waals surface area contributed by atoms with Gasteiger partial charge in [0.05, 0.1) is 0 Å². The van der Waals surface area contributed by atoms with Crippen molar-refractivity contribution in [2.75, 3.05) is 0 Å². The Morgan fingerprint density at radius 3 is 1.80 bits per heavy atom. The van der Waals surface area contributed by atoms with Gasteiger partial charge in [0, 0.05) is 0 Å². The molecule has 0 spiro atoms. The summed E-state index contributed by atoms with van der Waals surface area (Å²) in [5.74, 6) is 0.685. The molecule has 0 aliphatic heterocycles. The van der Waals surface area contributed by atoms with Crippen molar-refractivity contribution in [3.63, 3.8) is 0 Å². The summed E-state index contributed by atoms with van der Waals surface area (Å²) in [5, 5.41) is 9.35. The van der Waals surface area contributed by atoms with E-state index < -0.39 is 0 Å². The quantitative estimate of drug-likeness (QED) is 0.461. The Bertz CT molecular complexity index is 160. The molecule has 0 fully saturated rings. The van der Waals surface area contributed by atoms with Crippen LogP contribution in [0.2, 0.25) is 0 Å². The smallest absolute Gasteiger partial charge is 0.117 e. The summed E-state index contributed by atoms with van der Waals surface area (Å²) in [6.07, 6.45) is 0. The standard InChI is InChI=1S/C9H16O/c1-6(2)8(5)9(10)7(3)4/h6,10H,5H2,1-4H3. The van der Waals surface area contributed by atoms with Crippen LogP contribution in [0.15, 0.2) is 23.5 Å². The number of hydrogen-bond donors (Lipinski definition) is 1. The Labute approximate surface area is 63.1 Å². The lowest BCUT2D eigenvalue weighted by atomic mass is 10.0. The molecule has 0 atom stereocenters. The first-order chi connectivity index (χ1) is 4.46. The van der Waals surface area contributed by atoms with Crippen LogP contribution in [-0.2, 0) is 0 Å². The second-order valence-electron chi connectivity index (χ2n) is 3.03. The third-order valence-corrected chi connectivity index (χ3v) is 1.47. The number of hydrogen-bond acceptors (Lipinski definition) is 1. The molecule has 0 unspecified atom stereocenters. The van der Waals surface area contributed by atoms with E-state index in [2.05, 4.69) is 6.58 Å². The highest BCUT2D eigenvalue weighted by Gasteiger charge is 2.05. The van der Waals surface area contributed by atoms with Crippen LogP contribution < -0.4 is 0 Å². The molecular formula is C9H16O. The van der Waals surface area contributed by atoms with Gasteiger partial charge in [0.1, 0.15) is 5.76 Å². The van der Waals surface area contributed by atoms with E-state index in [0.717, 1.165) is 11.1 Å². The van der Waals surface area contributed by atoms with Crippen molar-refractivity contribution in [2.24, 2.45) is 5.92 Å². The highest BCUT2D eigenvalue weighted by Crippen LogP contribution is 2.17. The van der Waals surface area contributed by atoms with Crippen LogP contribution in [0.3, 0.4) is 0 Å². The van der Waals surface area contributed by atoms with Crippen molar-refractivity contribution >= 4 is 0 Å². The van der Waals surface area contributed by atoms with Gasteiger partial charge in [-0.1, -0.05) is 20.4 Å². The van der Waals surface area contributed by atoms with Gasteiger partial charge in [0.2, 0.25) is 0 Å². The zero-order chi connectivity index (χ0) is 8.31. The molecule has 0 rings (SSSR count). The van der Waals surface area contributed by atoms with Gasteiger partial charge < -0.3 is 5.11 Å². The molecule has 0 heterocycles. The summed E-state index contributed by atoms with van der Waals surface area (Å²) in [6.45, 7) is 11.6. The van der Waals surface area contributed by atoms with Crippen molar-refractivity contribution in [2.45, 2.75) is 27.7 Å². The summed E-state index contributed by atoms with van der Waals surface area (Å²) < 4.78 is 0. The zero-order valence-electron chi connectivity index (χ0n) is 7.23. The minimum atomic E-state index is 0.329. The summed E-state index contributed by atoms with van der Waals surface area (Å²) in [5.41, 5.74) is 1.75. The summed E-state index contributed by atoms with van der Waals surface area (Å²) in [7, 11) is 0. The Hall–Kier alpha value is -0.720. The van der Waals surface area contributed by atoms with Gasteiger partial charge in [-0.3, -0.25) is 0 Å². The summed E-state index contributed by atoms with van der Waals surface area (Å²) >= 11 is 0. The first kappa shape index (κ1) is 9.28. The van der Waals surface area contributed by atoms with Gasteiger partial charge in [-0.25, -0.2) is 0 Å². The van der Waals surface area contributed by atoms with Crippen molar-refractivity contribution in [1.82, 2.24) is 0 Å². The van der Waals surface area contributed by atoms with Crippen LogP contribution in [-0.4, -0.2) is 5.11 Å². The predicted molar refractivity (Wildman–Crippen MR) is 45.0 cm³/mol. The molecule has 0 aliphatic carbocycles. The first-order valence-electron chi connectivity index (χ1n) is 3.52. The maximum absolute atomic E-state index is 9.35. The maximum atomic E-state index is 9.35. The van der Waals surface area contributed by atoms with Gasteiger partial charge in [-0.2, -0.15) is 0 Å². The zero-order valence-corrected chi connectivity index (χ0v) is 7.23. The van der Waals surface area contributed by atoms with E-state index in [1.807, 2.05) is 27.7 Å². The fraction of sp³-hybridized carbons (Fsp3) is 0.556. The van der Waals surface area contributed by atoms with E-state index in [9.17, 15) is 5.11 Å². The topological polar surface area (TPSA) is 20.2 Å². The van der Waals surface area contributed by atoms with E-state index in [1.165, 1.54) is 0 Å². The largest absolute Gasteiger partial charge is 0.508 e. The van der Waals surface area contributed by atoms with E-state index in [0.29, 0.717) is 11.7 Å². The van der Waals surface area contributed by atoms with E-state index >= 15 is 0 Å². The SMILES string of the molecule is C=C(C(O)=C(C)C)C(C)C. The van der Waals surface area contributed by atoms with Gasteiger partial charge in [0.25, 0.3) is 0 Å². The molecule has 1 heteroatoms. The van der Waals surface area contributed by atoms with Crippen molar-refractivity contribution in [3.8, 4) is 0 Å². The van der Waals surface area contributed by atoms with Crippen LogP contribution in [0.25, 0.3) is 0 Å². The fourth-order valence-corrected chi connectivity index (χ4v) is 0.595. The Morgan fingerprint density at radius 2 is 1.70 bits per heavy atom. The summed E-state index contributed by atoms with van der Waals surface area (Å²) in [4.78, 5) is 0. The average Bonchev–Trinajstić information content (AvgIpc) is 1.84. The molecule has 0 aromatic rings. The number of allylic oxidation sites excluding steroid dienone is 2. The molecule has 0 saturated heterocycles. The van der Waals surface area contributed by atoms with Crippen LogP contribution in [0.5, 0.6) is 0 Å². The lowest BCUT2D eigenvalue weighted by Gasteiger charge is -2.09. The van der Waals surface area contributed by atoms with E-state index in [1.54, 1.807) is 0 Å². The second-order valence-corrected chi connectivity index (χ2v) is 3.03. The number of rotatable bonds is 2. The number of aliphatic hydroxyl groups is 1. The Morgan fingerprint density at radius 1 is 1.30 bits per heavy atom. The molecule has 0 aliphatic rings. The normalized spacial score (nSPS) is 9.70. The molecular weight excluding hydrogens is 124 g/mol. The molecule has 1 N–H and O–H groups in total. The van der Waals surface area contributed by atoms with Crippen molar-refractivity contribution in [1.29, 1.82) is 0 Å². The molecule has 58 valence electrons. The van der Waals surface area contributed by atoms with Gasteiger partial charge in [-0.15, -0.1) is 0 Å². The highest BCUT2D eigenvalue weighted by atomic mass is 16.3. The molecule has 1 nitrogen and oxygen atoms in total. The third-order valence-electron chi connectivity index (χ3n) is 1.47. The van der Waals surface area contributed by atoms with Crippen LogP contribution in [0.4, 0.5) is 0 Å². The first-order valence-corrected chi connectivity index (χ1v) is 3.52. The molecule has 0 bridgehead atoms. The number of aliphatic hydroxyl groups excluding tert-OH is 1. The van der Waals surface area contributed by atoms with Gasteiger partial charge in [-0.05, 0) is 30.9 Å². The van der Waals surface area contributed by atoms with Gasteiger partial charge >= 0.3 is 0 Å². The monoisotopic (exact) mass is 140 g/mol. The predicted octanol–water partition coefficient (Wildman–Crippen LogP) is 3.05. The molecule has 0 aromatic carbocycles. The minimum Gasteiger partial charge on any atom is -0.508 e. The minimum absolute atomic E-state index is 0.329. The van der Waals surface area contributed by atoms with Gasteiger partial charge in [0.15, 0.2) is 0 Å². The molecule has 0 radical (unpaired) electrons. The van der Waals surface area contributed by atoms with E-state index in [-0.39, 0.29) is 0 Å². The Balaban J connectivity index is 4.38. The van der Waals surface area contributed by atoms with Crippen LogP contribution in [0.1, 0.15) is 27.7 Å². The molecule has 0 aromatic heterocycles. The lowest BCUT2D eigenvalue weighted by Crippen LogP contribution is -1.97. The molecule has 0 saturated carbocycles. The summed E-state index contributed by atoms with van der Waals surface area (Å²) in [6, 6.07) is 0. The van der Waals surface area contributed by atoms with Crippen molar-refractivity contribution < 1.29 is 5.11 Å². The second kappa shape index (κ2) is 3.45. The maximum Gasteiger partial charge on any atom is 0.117 e. The van der Waals surface area contributed by atoms with Crippen LogP contribution >= 0.6 is 0 Å². The lowest BCUT2D eigenvalue weighted by molar-refractivity contribution is 0.404. The van der Waals surface area contributed by atoms with Crippen molar-refractivity contribution in [3.05, 3.63) is 23.5 Å². The molecule has 10 heavy (non-hydrogen) atoms. The van der Waals surface area contributed by atoms with E-state index in [4.69, 9.17) is 0 Å². The molecule has 0 amide bonds. The fourth-order valence-electron chi connectivity index (χ4n) is 0.595. The third kappa shape index (κ3) is 2.26. The average molecular weight is 140 g/mol. The highest BCUT2D eigenvalue weighted by molar-refractivity contribution is 5.26. The Kier molecular flexibility index (Phi) is 3.20. The van der Waals surface area contributed by atoms with Crippen LogP contribution in [0, 0.1) is 5.92 Å².